The summed E-state index contributed by atoms with van der Waals surface area (Å²) in [5, 5.41) is 3.84. The molecule has 0 spiro atoms. The number of amides is 2. The fraction of sp³-hybridized carbons (Fsp3) is 0.240. The minimum absolute atomic E-state index is 0.245. The molecule has 1 aliphatic rings. The first-order valence-electron chi connectivity index (χ1n) is 11.4. The van der Waals surface area contributed by atoms with Crippen LogP contribution in [0.25, 0.3) is 11.1 Å². The molecule has 4 aromatic heterocycles. The van der Waals surface area contributed by atoms with E-state index in [1.165, 1.54) is 30.8 Å². The number of carbonyl (C=O) groups is 2. The number of aryl methyl sites for hydroxylation is 3. The zero-order chi connectivity index (χ0) is 27.1. The summed E-state index contributed by atoms with van der Waals surface area (Å²) in [5.74, 6) is -0.154. The molecule has 0 saturated heterocycles. The Kier molecular flexibility index (Phi) is 6.99. The van der Waals surface area contributed by atoms with Gasteiger partial charge in [-0.2, -0.15) is 0 Å². The molecular formula is C25H21Cl2N7O3S. The Bertz CT molecular complexity index is 1580. The van der Waals surface area contributed by atoms with Crippen LogP contribution < -0.4 is 10.1 Å². The van der Waals surface area contributed by atoms with Crippen LogP contribution in [0.1, 0.15) is 48.5 Å². The van der Waals surface area contributed by atoms with Gasteiger partial charge in [0.15, 0.2) is 10.3 Å². The lowest BCUT2D eigenvalue weighted by Gasteiger charge is -2.16. The van der Waals surface area contributed by atoms with E-state index in [1.54, 1.807) is 30.9 Å². The van der Waals surface area contributed by atoms with Crippen LogP contribution in [-0.2, 0) is 13.1 Å². The van der Waals surface area contributed by atoms with E-state index in [0.29, 0.717) is 52.0 Å². The Morgan fingerprint density at radius 1 is 1.00 bits per heavy atom. The Morgan fingerprint density at radius 3 is 2.53 bits per heavy atom. The summed E-state index contributed by atoms with van der Waals surface area (Å²) in [5.41, 5.74) is 4.23. The molecule has 0 aliphatic carbocycles. The molecule has 0 bridgehead atoms. The number of thiazole rings is 1. The third kappa shape index (κ3) is 4.92. The van der Waals surface area contributed by atoms with Crippen molar-refractivity contribution >= 4 is 51.5 Å². The standard InChI is InChI=1S/C25H21Cl2N7O3S/c1-11-5-14(15-6-20(26)29-8-18(15)37-4)16(7-28-11)23(35)33-25-32-17-9-34(10-19(17)38-25)24(36)21-12(2)31-22(27)13(3)30-21/h5-8H,9-10H2,1-4H3,(H,32,33,35). The summed E-state index contributed by atoms with van der Waals surface area (Å²) in [4.78, 5) is 50.4. The van der Waals surface area contributed by atoms with Crippen LogP contribution in [0, 0.1) is 20.8 Å². The molecule has 38 heavy (non-hydrogen) atoms. The largest absolute Gasteiger partial charge is 0.494 e. The molecule has 0 fully saturated rings. The van der Waals surface area contributed by atoms with E-state index in [-0.39, 0.29) is 27.8 Å². The third-order valence-corrected chi connectivity index (χ3v) is 7.54. The number of hydrogen-bond donors (Lipinski definition) is 1. The summed E-state index contributed by atoms with van der Waals surface area (Å²) in [6.45, 7) is 5.89. The fourth-order valence-electron chi connectivity index (χ4n) is 4.08. The molecule has 1 N–H and O–H groups in total. The number of aromatic nitrogens is 5. The monoisotopic (exact) mass is 569 g/mol. The second-order valence-electron chi connectivity index (χ2n) is 8.62. The van der Waals surface area contributed by atoms with Gasteiger partial charge in [0.2, 0.25) is 0 Å². The summed E-state index contributed by atoms with van der Waals surface area (Å²) in [6, 6.07) is 3.43. The third-order valence-electron chi connectivity index (χ3n) is 5.98. The molecule has 4 aromatic rings. The van der Waals surface area contributed by atoms with Crippen molar-refractivity contribution < 1.29 is 14.3 Å². The Labute approximate surface area is 232 Å². The maximum atomic E-state index is 13.3. The predicted octanol–water partition coefficient (Wildman–Crippen LogP) is 5.04. The van der Waals surface area contributed by atoms with E-state index >= 15 is 0 Å². The Balaban J connectivity index is 1.36. The van der Waals surface area contributed by atoms with Crippen molar-refractivity contribution in [2.45, 2.75) is 33.9 Å². The van der Waals surface area contributed by atoms with Crippen molar-refractivity contribution in [3.63, 3.8) is 0 Å². The Morgan fingerprint density at radius 2 is 1.79 bits per heavy atom. The van der Waals surface area contributed by atoms with Gasteiger partial charge in [0.05, 0.1) is 53.9 Å². The minimum Gasteiger partial charge on any atom is -0.494 e. The second-order valence-corrected chi connectivity index (χ2v) is 10.4. The predicted molar refractivity (Wildman–Crippen MR) is 144 cm³/mol. The van der Waals surface area contributed by atoms with E-state index in [4.69, 9.17) is 27.9 Å². The molecular weight excluding hydrogens is 549 g/mol. The first kappa shape index (κ1) is 26.0. The van der Waals surface area contributed by atoms with Gasteiger partial charge in [-0.1, -0.05) is 34.5 Å². The SMILES string of the molecule is COc1cnc(Cl)cc1-c1cc(C)ncc1C(=O)Nc1nc2c(s1)CN(C(=O)c1nc(C)c(Cl)nc1C)C2. The topological polar surface area (TPSA) is 123 Å². The van der Waals surface area contributed by atoms with E-state index in [0.717, 1.165) is 16.3 Å². The average Bonchev–Trinajstić information content (AvgIpc) is 3.44. The summed E-state index contributed by atoms with van der Waals surface area (Å²) < 4.78 is 5.44. The number of rotatable bonds is 5. The fourth-order valence-corrected chi connectivity index (χ4v) is 5.39. The van der Waals surface area contributed by atoms with Gasteiger partial charge in [-0.3, -0.25) is 19.9 Å². The van der Waals surface area contributed by atoms with Gasteiger partial charge >= 0.3 is 0 Å². The maximum absolute atomic E-state index is 13.3. The lowest BCUT2D eigenvalue weighted by atomic mass is 10.0. The van der Waals surface area contributed by atoms with Gasteiger partial charge in [0.1, 0.15) is 16.6 Å². The number of hydrogen-bond acceptors (Lipinski definition) is 9. The maximum Gasteiger partial charge on any atom is 0.275 e. The number of halogens is 2. The molecule has 5 rings (SSSR count). The van der Waals surface area contributed by atoms with Crippen LogP contribution in [-0.4, -0.2) is 48.7 Å². The van der Waals surface area contributed by atoms with Crippen molar-refractivity contribution in [2.24, 2.45) is 0 Å². The van der Waals surface area contributed by atoms with Crippen LogP contribution in [0.5, 0.6) is 5.75 Å². The highest BCUT2D eigenvalue weighted by molar-refractivity contribution is 7.16. The number of methoxy groups -OCH3 is 1. The highest BCUT2D eigenvalue weighted by Gasteiger charge is 2.30. The Hall–Kier alpha value is -3.67. The highest BCUT2D eigenvalue weighted by atomic mass is 35.5. The highest BCUT2D eigenvalue weighted by Crippen LogP contribution is 2.35. The number of nitrogens with zero attached hydrogens (tertiary/aromatic N) is 6. The summed E-state index contributed by atoms with van der Waals surface area (Å²) >= 11 is 13.5. The van der Waals surface area contributed by atoms with Crippen molar-refractivity contribution in [1.29, 1.82) is 0 Å². The molecule has 0 radical (unpaired) electrons. The first-order chi connectivity index (χ1) is 18.1. The van der Waals surface area contributed by atoms with Crippen LogP contribution in [0.2, 0.25) is 10.3 Å². The van der Waals surface area contributed by atoms with Crippen molar-refractivity contribution in [1.82, 2.24) is 29.8 Å². The molecule has 0 unspecified atom stereocenters. The van der Waals surface area contributed by atoms with Crippen LogP contribution >= 0.6 is 34.5 Å². The zero-order valence-electron chi connectivity index (χ0n) is 20.8. The van der Waals surface area contributed by atoms with Crippen molar-refractivity contribution in [3.8, 4) is 16.9 Å². The van der Waals surface area contributed by atoms with Crippen LogP contribution in [0.3, 0.4) is 0 Å². The van der Waals surface area contributed by atoms with E-state index in [9.17, 15) is 9.59 Å². The van der Waals surface area contributed by atoms with Gasteiger partial charge in [0, 0.05) is 23.0 Å². The molecule has 0 saturated carbocycles. The van der Waals surface area contributed by atoms with E-state index in [1.807, 2.05) is 6.92 Å². The number of fused-ring (bicyclic) bond motifs is 1. The van der Waals surface area contributed by atoms with Gasteiger partial charge in [-0.25, -0.2) is 19.9 Å². The quantitative estimate of drug-likeness (QED) is 0.331. The first-order valence-corrected chi connectivity index (χ1v) is 13.0. The molecule has 0 aromatic carbocycles. The average molecular weight is 570 g/mol. The van der Waals surface area contributed by atoms with Crippen LogP contribution in [0.15, 0.2) is 24.5 Å². The van der Waals surface area contributed by atoms with Gasteiger partial charge in [-0.05, 0) is 32.9 Å². The number of carbonyl (C=O) groups excluding carboxylic acids is 2. The van der Waals surface area contributed by atoms with Gasteiger partial charge < -0.3 is 9.64 Å². The van der Waals surface area contributed by atoms with Gasteiger partial charge in [-0.15, -0.1) is 0 Å². The lowest BCUT2D eigenvalue weighted by Crippen LogP contribution is -2.28. The molecule has 2 amide bonds. The number of anilines is 1. The molecule has 1 aliphatic heterocycles. The minimum atomic E-state index is -0.384. The molecule has 194 valence electrons. The van der Waals surface area contributed by atoms with Crippen molar-refractivity contribution in [2.75, 3.05) is 12.4 Å². The normalized spacial score (nSPS) is 12.4. The van der Waals surface area contributed by atoms with Crippen molar-refractivity contribution in [3.05, 3.63) is 73.7 Å². The zero-order valence-corrected chi connectivity index (χ0v) is 23.1. The second kappa shape index (κ2) is 10.2. The number of pyridine rings is 2. The van der Waals surface area contributed by atoms with Crippen LogP contribution in [0.4, 0.5) is 5.13 Å². The lowest BCUT2D eigenvalue weighted by molar-refractivity contribution is 0.0743. The number of nitrogens with one attached hydrogen (secondary N) is 1. The molecule has 5 heterocycles. The van der Waals surface area contributed by atoms with E-state index < -0.39 is 0 Å². The number of ether oxygens (including phenoxy) is 1. The van der Waals surface area contributed by atoms with E-state index in [2.05, 4.69) is 30.2 Å². The summed E-state index contributed by atoms with van der Waals surface area (Å²) in [7, 11) is 1.52. The molecule has 10 nitrogen and oxygen atoms in total. The summed E-state index contributed by atoms with van der Waals surface area (Å²) in [6.07, 6.45) is 3.01. The molecule has 0 atom stereocenters. The van der Waals surface area contributed by atoms with Gasteiger partial charge in [0.25, 0.3) is 11.8 Å². The molecule has 13 heteroatoms. The smallest absolute Gasteiger partial charge is 0.275 e.